The lowest BCUT2D eigenvalue weighted by Gasteiger charge is -2.09. The van der Waals surface area contributed by atoms with Crippen LogP contribution < -0.4 is 0 Å². The van der Waals surface area contributed by atoms with Crippen molar-refractivity contribution in [3.63, 3.8) is 0 Å². The van der Waals surface area contributed by atoms with Gasteiger partial charge in [0.25, 0.3) is 0 Å². The fourth-order valence-electron chi connectivity index (χ4n) is 2.52. The number of carbonyl (C=O) groups excluding carboxylic acids is 2. The molecular formula is C17H12FN3O3S2. The van der Waals surface area contributed by atoms with E-state index in [1.807, 2.05) is 6.07 Å². The summed E-state index contributed by atoms with van der Waals surface area (Å²) in [6, 6.07) is 8.16. The maximum Gasteiger partial charge on any atom is 0.416 e. The van der Waals surface area contributed by atoms with Crippen LogP contribution in [-0.2, 0) is 9.53 Å². The zero-order chi connectivity index (χ0) is 18.1. The maximum absolute atomic E-state index is 13.1. The second-order valence-electron chi connectivity index (χ2n) is 5.46. The number of hydrogen-bond acceptors (Lipinski definition) is 7. The molecule has 3 aromatic rings. The van der Waals surface area contributed by atoms with E-state index in [1.54, 1.807) is 12.1 Å². The predicted octanol–water partition coefficient (Wildman–Crippen LogP) is 3.57. The van der Waals surface area contributed by atoms with Gasteiger partial charge < -0.3 is 4.74 Å². The van der Waals surface area contributed by atoms with E-state index in [0.29, 0.717) is 5.03 Å². The molecule has 0 bridgehead atoms. The number of ether oxygens (including phenoxy) is 1. The van der Waals surface area contributed by atoms with Gasteiger partial charge >= 0.3 is 6.09 Å². The van der Waals surface area contributed by atoms with Crippen LogP contribution in [0.3, 0.4) is 0 Å². The average molecular weight is 389 g/mol. The summed E-state index contributed by atoms with van der Waals surface area (Å²) >= 11 is 2.74. The Kier molecular flexibility index (Phi) is 4.56. The molecule has 1 saturated heterocycles. The van der Waals surface area contributed by atoms with Gasteiger partial charge in [-0.05, 0) is 23.8 Å². The van der Waals surface area contributed by atoms with Crippen LogP contribution in [0, 0.1) is 5.82 Å². The highest BCUT2D eigenvalue weighted by molar-refractivity contribution is 8.00. The highest BCUT2D eigenvalue weighted by atomic mass is 32.2. The molecule has 0 aliphatic carbocycles. The molecule has 0 atom stereocenters. The van der Waals surface area contributed by atoms with Crippen molar-refractivity contribution in [3.05, 3.63) is 42.5 Å². The Morgan fingerprint density at radius 3 is 2.85 bits per heavy atom. The van der Waals surface area contributed by atoms with Crippen molar-refractivity contribution in [2.24, 2.45) is 0 Å². The number of aromatic nitrogens is 2. The SMILES string of the molecule is O=C(CSc1ncnc2cc(-c3ccc(F)cc3)sc12)N1CCOC1=O. The van der Waals surface area contributed by atoms with Crippen LogP contribution in [0.1, 0.15) is 0 Å². The minimum absolute atomic E-state index is 0.0883. The van der Waals surface area contributed by atoms with Crippen molar-refractivity contribution in [1.29, 1.82) is 0 Å². The summed E-state index contributed by atoms with van der Waals surface area (Å²) in [5, 5.41) is 0.675. The van der Waals surface area contributed by atoms with Crippen LogP contribution in [-0.4, -0.2) is 45.8 Å². The Morgan fingerprint density at radius 2 is 2.12 bits per heavy atom. The molecule has 2 aromatic heterocycles. The third kappa shape index (κ3) is 3.27. The van der Waals surface area contributed by atoms with Gasteiger partial charge in [-0.1, -0.05) is 23.9 Å². The highest BCUT2D eigenvalue weighted by Crippen LogP contribution is 2.37. The molecule has 0 N–H and O–H groups in total. The molecule has 0 spiro atoms. The number of carbonyl (C=O) groups is 2. The standard InChI is InChI=1S/C17H12FN3O3S2/c18-11-3-1-10(2-4-11)13-7-12-15(26-13)16(20-9-19-12)25-8-14(22)21-5-6-24-17(21)23/h1-4,7,9H,5-6,8H2. The minimum Gasteiger partial charge on any atom is -0.447 e. The lowest BCUT2D eigenvalue weighted by Crippen LogP contribution is -2.33. The fraction of sp³-hybridized carbons (Fsp3) is 0.176. The van der Waals surface area contributed by atoms with Crippen LogP contribution >= 0.6 is 23.1 Å². The number of rotatable bonds is 4. The summed E-state index contributed by atoms with van der Waals surface area (Å²) in [6.45, 7) is 0.518. The van der Waals surface area contributed by atoms with E-state index >= 15 is 0 Å². The van der Waals surface area contributed by atoms with Gasteiger partial charge in [-0.25, -0.2) is 24.1 Å². The van der Waals surface area contributed by atoms with Crippen LogP contribution in [0.2, 0.25) is 0 Å². The van der Waals surface area contributed by atoms with Crippen molar-refractivity contribution in [2.75, 3.05) is 18.9 Å². The van der Waals surface area contributed by atoms with Crippen molar-refractivity contribution in [2.45, 2.75) is 5.03 Å². The van der Waals surface area contributed by atoms with Crippen molar-refractivity contribution >= 4 is 45.3 Å². The second kappa shape index (κ2) is 7.00. The number of amides is 2. The third-order valence-corrected chi connectivity index (χ3v) is 6.09. The molecule has 3 heterocycles. The van der Waals surface area contributed by atoms with Gasteiger partial charge in [-0.2, -0.15) is 0 Å². The molecular weight excluding hydrogens is 377 g/mol. The number of nitrogens with zero attached hydrogens (tertiary/aromatic N) is 3. The van der Waals surface area contributed by atoms with E-state index in [9.17, 15) is 14.0 Å². The largest absolute Gasteiger partial charge is 0.447 e. The zero-order valence-corrected chi connectivity index (χ0v) is 15.0. The first-order valence-corrected chi connectivity index (χ1v) is 9.52. The topological polar surface area (TPSA) is 72.4 Å². The number of benzene rings is 1. The van der Waals surface area contributed by atoms with Gasteiger partial charge in [0, 0.05) is 4.88 Å². The minimum atomic E-state index is -0.599. The monoisotopic (exact) mass is 389 g/mol. The second-order valence-corrected chi connectivity index (χ2v) is 7.48. The Labute approximate surface area is 156 Å². The number of thiophene rings is 1. The Hall–Kier alpha value is -2.52. The predicted molar refractivity (Wildman–Crippen MR) is 96.6 cm³/mol. The third-order valence-electron chi connectivity index (χ3n) is 3.80. The van der Waals surface area contributed by atoms with Crippen LogP contribution in [0.15, 0.2) is 41.7 Å². The van der Waals surface area contributed by atoms with Crippen molar-refractivity contribution in [3.8, 4) is 10.4 Å². The van der Waals surface area contributed by atoms with Crippen LogP contribution in [0.5, 0.6) is 0 Å². The Morgan fingerprint density at radius 1 is 1.31 bits per heavy atom. The lowest BCUT2D eigenvalue weighted by molar-refractivity contribution is -0.125. The maximum atomic E-state index is 13.1. The van der Waals surface area contributed by atoms with Gasteiger partial charge in [-0.3, -0.25) is 4.79 Å². The molecule has 4 rings (SSSR count). The number of thioether (sulfide) groups is 1. The van der Waals surface area contributed by atoms with E-state index in [2.05, 4.69) is 9.97 Å². The van der Waals surface area contributed by atoms with Gasteiger partial charge in [0.1, 0.15) is 23.8 Å². The van der Waals surface area contributed by atoms with E-state index in [1.165, 1.54) is 41.6 Å². The molecule has 132 valence electrons. The van der Waals surface area contributed by atoms with Crippen molar-refractivity contribution < 1.29 is 18.7 Å². The molecule has 1 fully saturated rings. The molecule has 0 radical (unpaired) electrons. The Bertz CT molecular complexity index is 991. The van der Waals surface area contributed by atoms with Crippen LogP contribution in [0.25, 0.3) is 20.7 Å². The molecule has 6 nitrogen and oxygen atoms in total. The van der Waals surface area contributed by atoms with Crippen LogP contribution in [0.4, 0.5) is 9.18 Å². The molecule has 0 saturated carbocycles. The van der Waals surface area contributed by atoms with E-state index in [0.717, 1.165) is 25.6 Å². The summed E-state index contributed by atoms with van der Waals surface area (Å²) < 4.78 is 18.7. The van der Waals surface area contributed by atoms with Gasteiger partial charge in [0.05, 0.1) is 22.5 Å². The molecule has 1 aliphatic heterocycles. The van der Waals surface area contributed by atoms with E-state index < -0.39 is 6.09 Å². The lowest BCUT2D eigenvalue weighted by atomic mass is 10.2. The zero-order valence-electron chi connectivity index (χ0n) is 13.3. The molecule has 1 aromatic carbocycles. The van der Waals surface area contributed by atoms with Gasteiger partial charge in [0.15, 0.2) is 0 Å². The number of halogens is 1. The number of hydrogen-bond donors (Lipinski definition) is 0. The smallest absolute Gasteiger partial charge is 0.416 e. The summed E-state index contributed by atoms with van der Waals surface area (Å²) in [7, 11) is 0. The molecule has 1 aliphatic rings. The first-order valence-electron chi connectivity index (χ1n) is 7.72. The van der Waals surface area contributed by atoms with E-state index in [4.69, 9.17) is 4.74 Å². The molecule has 2 amide bonds. The van der Waals surface area contributed by atoms with E-state index in [-0.39, 0.29) is 30.6 Å². The van der Waals surface area contributed by atoms with Crippen molar-refractivity contribution in [1.82, 2.24) is 14.9 Å². The highest BCUT2D eigenvalue weighted by Gasteiger charge is 2.28. The summed E-state index contributed by atoms with van der Waals surface area (Å²) in [5.41, 5.74) is 1.65. The number of cyclic esters (lactones) is 1. The average Bonchev–Trinajstić information content (AvgIpc) is 3.26. The number of fused-ring (bicyclic) bond motifs is 1. The molecule has 26 heavy (non-hydrogen) atoms. The summed E-state index contributed by atoms with van der Waals surface area (Å²) in [6.07, 6.45) is 0.846. The fourth-order valence-corrected chi connectivity index (χ4v) is 4.60. The Balaban J connectivity index is 1.56. The first kappa shape index (κ1) is 16.9. The first-order chi connectivity index (χ1) is 12.6. The summed E-state index contributed by atoms with van der Waals surface area (Å²) in [4.78, 5) is 34.2. The molecule has 0 unspecified atom stereocenters. The van der Waals surface area contributed by atoms with Gasteiger partial charge in [-0.15, -0.1) is 11.3 Å². The number of imide groups is 1. The van der Waals surface area contributed by atoms with Gasteiger partial charge in [0.2, 0.25) is 5.91 Å². The molecule has 9 heteroatoms. The quantitative estimate of drug-likeness (QED) is 0.502. The normalized spacial score (nSPS) is 14.0. The summed E-state index contributed by atoms with van der Waals surface area (Å²) in [5.74, 6) is -0.505.